The van der Waals surface area contributed by atoms with Gasteiger partial charge >= 0.3 is 0 Å². The second kappa shape index (κ2) is 11.0. The highest BCUT2D eigenvalue weighted by Gasteiger charge is 2.19. The van der Waals surface area contributed by atoms with E-state index in [1.807, 2.05) is 117 Å². The number of methoxy groups -OCH3 is 1. The maximum Gasteiger partial charge on any atom is 0.231 e. The first-order chi connectivity index (χ1) is 15.1. The van der Waals surface area contributed by atoms with Gasteiger partial charge in [0.15, 0.2) is 0 Å². The SMILES string of the molecule is CO/C(=C(/C=C\C(C(=O)NC(C)C)c1ccccc1)c1ccccc1)c1ccccc1. The molecule has 1 unspecified atom stereocenters. The predicted molar refractivity (Wildman–Crippen MR) is 128 cm³/mol. The van der Waals surface area contributed by atoms with E-state index >= 15 is 0 Å². The Labute approximate surface area is 185 Å². The maximum absolute atomic E-state index is 13.0. The van der Waals surface area contributed by atoms with Crippen LogP contribution in [-0.4, -0.2) is 19.1 Å². The highest BCUT2D eigenvalue weighted by Crippen LogP contribution is 2.29. The molecule has 0 aliphatic carbocycles. The molecule has 3 nitrogen and oxygen atoms in total. The Bertz CT molecular complexity index is 1020. The molecule has 0 saturated heterocycles. The van der Waals surface area contributed by atoms with Crippen molar-refractivity contribution in [3.8, 4) is 0 Å². The molecule has 0 aliphatic heterocycles. The Hall–Kier alpha value is -3.59. The van der Waals surface area contributed by atoms with Gasteiger partial charge in [-0.1, -0.05) is 103 Å². The number of hydrogen-bond acceptors (Lipinski definition) is 2. The van der Waals surface area contributed by atoms with Gasteiger partial charge in [-0.3, -0.25) is 4.79 Å². The van der Waals surface area contributed by atoms with Gasteiger partial charge in [-0.25, -0.2) is 0 Å². The summed E-state index contributed by atoms with van der Waals surface area (Å²) in [6.07, 6.45) is 3.95. The molecule has 1 amide bonds. The largest absolute Gasteiger partial charge is 0.495 e. The molecule has 0 bridgehead atoms. The summed E-state index contributed by atoms with van der Waals surface area (Å²) in [5, 5.41) is 3.04. The lowest BCUT2D eigenvalue weighted by atomic mass is 9.94. The van der Waals surface area contributed by atoms with E-state index in [9.17, 15) is 4.79 Å². The van der Waals surface area contributed by atoms with Crippen LogP contribution in [0.2, 0.25) is 0 Å². The Balaban J connectivity index is 2.10. The van der Waals surface area contributed by atoms with Gasteiger partial charge in [0.1, 0.15) is 5.76 Å². The average molecular weight is 412 g/mol. The molecule has 3 heteroatoms. The molecule has 1 N–H and O–H groups in total. The van der Waals surface area contributed by atoms with Gasteiger partial charge in [0.05, 0.1) is 13.0 Å². The van der Waals surface area contributed by atoms with Crippen molar-refractivity contribution in [2.24, 2.45) is 0 Å². The van der Waals surface area contributed by atoms with E-state index in [4.69, 9.17) is 4.74 Å². The van der Waals surface area contributed by atoms with Crippen LogP contribution in [0.3, 0.4) is 0 Å². The molecule has 0 radical (unpaired) electrons. The fraction of sp³-hybridized carbons (Fsp3) is 0.179. The van der Waals surface area contributed by atoms with E-state index in [1.54, 1.807) is 7.11 Å². The molecular weight excluding hydrogens is 382 g/mol. The van der Waals surface area contributed by atoms with E-state index in [0.29, 0.717) is 0 Å². The first-order valence-electron chi connectivity index (χ1n) is 10.5. The van der Waals surface area contributed by atoms with Crippen LogP contribution in [0.1, 0.15) is 36.5 Å². The third-order valence-corrected chi connectivity index (χ3v) is 4.90. The second-order valence-electron chi connectivity index (χ2n) is 7.59. The molecule has 0 heterocycles. The zero-order valence-corrected chi connectivity index (χ0v) is 18.3. The van der Waals surface area contributed by atoms with Gasteiger partial charge < -0.3 is 10.1 Å². The van der Waals surface area contributed by atoms with Crippen LogP contribution in [0.25, 0.3) is 11.3 Å². The standard InChI is InChI=1S/C28H29NO2/c1-21(2)29-28(30)26(23-15-9-5-10-16-23)20-19-25(22-13-7-4-8-14-22)27(31-3)24-17-11-6-12-18-24/h4-21,26H,1-3H3,(H,29,30)/b20-19-,27-25-. The molecule has 1 atom stereocenters. The zero-order valence-electron chi connectivity index (χ0n) is 18.3. The van der Waals surface area contributed by atoms with Crippen molar-refractivity contribution in [1.29, 1.82) is 0 Å². The molecule has 3 rings (SSSR count). The number of allylic oxidation sites excluding steroid dienone is 2. The van der Waals surface area contributed by atoms with Crippen LogP contribution in [0.5, 0.6) is 0 Å². The minimum atomic E-state index is -0.406. The summed E-state index contributed by atoms with van der Waals surface area (Å²) in [4.78, 5) is 13.0. The highest BCUT2D eigenvalue weighted by atomic mass is 16.5. The van der Waals surface area contributed by atoms with Crippen molar-refractivity contribution >= 4 is 17.2 Å². The van der Waals surface area contributed by atoms with Crippen molar-refractivity contribution in [1.82, 2.24) is 5.32 Å². The summed E-state index contributed by atoms with van der Waals surface area (Å²) in [6, 6.07) is 30.0. The molecular formula is C28H29NO2. The average Bonchev–Trinajstić information content (AvgIpc) is 2.80. The summed E-state index contributed by atoms with van der Waals surface area (Å²) >= 11 is 0. The minimum Gasteiger partial charge on any atom is -0.495 e. The van der Waals surface area contributed by atoms with Crippen LogP contribution in [0.15, 0.2) is 103 Å². The molecule has 0 aliphatic rings. The molecule has 158 valence electrons. The van der Waals surface area contributed by atoms with Crippen LogP contribution < -0.4 is 5.32 Å². The number of rotatable bonds is 8. The molecule has 3 aromatic carbocycles. The van der Waals surface area contributed by atoms with Crippen LogP contribution in [-0.2, 0) is 9.53 Å². The third kappa shape index (κ3) is 5.95. The van der Waals surface area contributed by atoms with E-state index in [-0.39, 0.29) is 11.9 Å². The maximum atomic E-state index is 13.0. The van der Waals surface area contributed by atoms with Gasteiger partial charge in [-0.05, 0) is 25.0 Å². The number of benzene rings is 3. The van der Waals surface area contributed by atoms with Gasteiger partial charge in [0.2, 0.25) is 5.91 Å². The Morgan fingerprint density at radius 1 is 0.806 bits per heavy atom. The highest BCUT2D eigenvalue weighted by molar-refractivity contribution is 5.94. The third-order valence-electron chi connectivity index (χ3n) is 4.90. The van der Waals surface area contributed by atoms with E-state index in [1.165, 1.54) is 0 Å². The summed E-state index contributed by atoms with van der Waals surface area (Å²) in [7, 11) is 1.68. The molecule has 3 aromatic rings. The Morgan fingerprint density at radius 2 is 1.32 bits per heavy atom. The minimum absolute atomic E-state index is 0.0245. The van der Waals surface area contributed by atoms with Crippen molar-refractivity contribution < 1.29 is 9.53 Å². The molecule has 0 spiro atoms. The van der Waals surface area contributed by atoms with Gasteiger partial charge in [-0.15, -0.1) is 0 Å². The monoisotopic (exact) mass is 411 g/mol. The summed E-state index contributed by atoms with van der Waals surface area (Å²) in [5.41, 5.74) is 3.88. The van der Waals surface area contributed by atoms with Crippen molar-refractivity contribution in [2.45, 2.75) is 25.8 Å². The lowest BCUT2D eigenvalue weighted by Crippen LogP contribution is -2.33. The lowest BCUT2D eigenvalue weighted by molar-refractivity contribution is -0.122. The molecule has 0 saturated carbocycles. The summed E-state index contributed by atoms with van der Waals surface area (Å²) in [5.74, 6) is 0.332. The lowest BCUT2D eigenvalue weighted by Gasteiger charge is -2.17. The molecule has 31 heavy (non-hydrogen) atoms. The summed E-state index contributed by atoms with van der Waals surface area (Å²) < 4.78 is 5.84. The Kier molecular flexibility index (Phi) is 7.83. The number of carbonyl (C=O) groups is 1. The van der Waals surface area contributed by atoms with Crippen molar-refractivity contribution in [3.63, 3.8) is 0 Å². The van der Waals surface area contributed by atoms with Crippen molar-refractivity contribution in [3.05, 3.63) is 120 Å². The number of amides is 1. The fourth-order valence-corrected chi connectivity index (χ4v) is 3.47. The predicted octanol–water partition coefficient (Wildman–Crippen LogP) is 6.07. The van der Waals surface area contributed by atoms with Crippen LogP contribution in [0.4, 0.5) is 0 Å². The first-order valence-corrected chi connectivity index (χ1v) is 10.5. The number of ether oxygens (including phenoxy) is 1. The van der Waals surface area contributed by atoms with Crippen LogP contribution in [0, 0.1) is 0 Å². The smallest absolute Gasteiger partial charge is 0.231 e. The van der Waals surface area contributed by atoms with Gasteiger partial charge in [-0.2, -0.15) is 0 Å². The fourth-order valence-electron chi connectivity index (χ4n) is 3.47. The topological polar surface area (TPSA) is 38.3 Å². The number of carbonyl (C=O) groups excluding carboxylic acids is 1. The molecule has 0 aromatic heterocycles. The van der Waals surface area contributed by atoms with Crippen molar-refractivity contribution in [2.75, 3.05) is 7.11 Å². The first kappa shape index (κ1) is 22.1. The number of nitrogens with one attached hydrogen (secondary N) is 1. The normalized spacial score (nSPS) is 13.0. The Morgan fingerprint density at radius 3 is 1.84 bits per heavy atom. The number of hydrogen-bond donors (Lipinski definition) is 1. The molecule has 0 fully saturated rings. The summed E-state index contributed by atoms with van der Waals surface area (Å²) in [6.45, 7) is 3.94. The van der Waals surface area contributed by atoms with Crippen LogP contribution >= 0.6 is 0 Å². The quantitative estimate of drug-likeness (QED) is 0.278. The van der Waals surface area contributed by atoms with E-state index < -0.39 is 5.92 Å². The zero-order chi connectivity index (χ0) is 22.1. The van der Waals surface area contributed by atoms with E-state index in [0.717, 1.165) is 28.0 Å². The van der Waals surface area contributed by atoms with E-state index in [2.05, 4.69) is 5.32 Å². The second-order valence-corrected chi connectivity index (χ2v) is 7.59. The van der Waals surface area contributed by atoms with Gasteiger partial charge in [0.25, 0.3) is 0 Å². The van der Waals surface area contributed by atoms with Gasteiger partial charge in [0, 0.05) is 17.2 Å².